The molecule has 0 aliphatic carbocycles. The van der Waals surface area contributed by atoms with Gasteiger partial charge in [0, 0.05) is 10.7 Å². The van der Waals surface area contributed by atoms with Crippen LogP contribution in [0.4, 0.5) is 30.6 Å². The molecule has 23 heavy (non-hydrogen) atoms. The zero-order valence-corrected chi connectivity index (χ0v) is 11.8. The molecule has 0 atom stereocenters. The second-order valence-corrected chi connectivity index (χ2v) is 4.48. The van der Waals surface area contributed by atoms with E-state index in [9.17, 15) is 13.6 Å². The van der Waals surface area contributed by atoms with Gasteiger partial charge in [-0.05, 0) is 36.7 Å². The van der Waals surface area contributed by atoms with Gasteiger partial charge in [0.25, 0.3) is 0 Å². The van der Waals surface area contributed by atoms with Crippen molar-refractivity contribution >= 4 is 23.2 Å². The molecule has 5 nitrogen and oxygen atoms in total. The van der Waals surface area contributed by atoms with Gasteiger partial charge in [0.1, 0.15) is 5.82 Å². The van der Waals surface area contributed by atoms with Gasteiger partial charge in [-0.2, -0.15) is 0 Å². The van der Waals surface area contributed by atoms with E-state index in [1.54, 1.807) is 0 Å². The summed E-state index contributed by atoms with van der Waals surface area (Å²) in [6, 6.07) is 8.07. The SMILES string of the molecule is [2H]C([2H])([2H])C([2H])([2H])OC(=O)Nc1ccc(NCc2ccc(F)cc2)c(F)c1N. The smallest absolute Gasteiger partial charge is 0.411 e. The summed E-state index contributed by atoms with van der Waals surface area (Å²) in [5.41, 5.74) is 5.65. The topological polar surface area (TPSA) is 76.4 Å². The molecule has 122 valence electrons. The third-order valence-corrected chi connectivity index (χ3v) is 2.96. The van der Waals surface area contributed by atoms with E-state index in [1.165, 1.54) is 36.4 Å². The molecule has 0 spiro atoms. The first-order valence-corrected chi connectivity index (χ1v) is 6.47. The zero-order chi connectivity index (χ0) is 21.1. The first-order valence-electron chi connectivity index (χ1n) is 8.97. The minimum atomic E-state index is -3.24. The molecule has 2 rings (SSSR count). The van der Waals surface area contributed by atoms with E-state index in [0.717, 1.165) is 0 Å². The maximum atomic E-state index is 14.4. The normalized spacial score (nSPS) is 14.6. The number of benzene rings is 2. The standard InChI is InChI=1S/C16H17F2N3O2/c1-2-23-16(22)21-13-8-7-12(14(18)15(13)19)20-9-10-3-5-11(17)6-4-10/h3-8,20H,2,9,19H2,1H3,(H,21,22)/i1D3,2D2. The monoisotopic (exact) mass is 326 g/mol. The average Bonchev–Trinajstić information content (AvgIpc) is 2.58. The van der Waals surface area contributed by atoms with Crippen LogP contribution >= 0.6 is 0 Å². The molecule has 1 amide bonds. The molecule has 0 unspecified atom stereocenters. The summed E-state index contributed by atoms with van der Waals surface area (Å²) in [7, 11) is 0. The molecule has 0 saturated carbocycles. The molecular formula is C16H17F2N3O2. The van der Waals surface area contributed by atoms with Crippen LogP contribution in [-0.2, 0) is 11.3 Å². The molecular weight excluding hydrogens is 304 g/mol. The van der Waals surface area contributed by atoms with Crippen molar-refractivity contribution in [2.24, 2.45) is 0 Å². The van der Waals surface area contributed by atoms with E-state index in [-0.39, 0.29) is 17.9 Å². The van der Waals surface area contributed by atoms with Crippen LogP contribution in [-0.4, -0.2) is 12.7 Å². The number of hydrogen-bond acceptors (Lipinski definition) is 4. The molecule has 0 aliphatic heterocycles. The van der Waals surface area contributed by atoms with Gasteiger partial charge in [0.15, 0.2) is 5.82 Å². The van der Waals surface area contributed by atoms with Crippen LogP contribution in [0, 0.1) is 11.6 Å². The Hall–Kier alpha value is -2.83. The number of rotatable bonds is 5. The van der Waals surface area contributed by atoms with Crippen LogP contribution in [0.15, 0.2) is 36.4 Å². The van der Waals surface area contributed by atoms with Crippen LogP contribution in [0.5, 0.6) is 0 Å². The fourth-order valence-corrected chi connectivity index (χ4v) is 1.82. The number of halogens is 2. The van der Waals surface area contributed by atoms with Crippen molar-refractivity contribution < 1.29 is 25.2 Å². The predicted octanol–water partition coefficient (Wildman–Crippen LogP) is 3.73. The Balaban J connectivity index is 2.06. The number of hydrogen-bond donors (Lipinski definition) is 3. The van der Waals surface area contributed by atoms with Crippen LogP contribution in [0.1, 0.15) is 19.3 Å². The Morgan fingerprint density at radius 1 is 1.26 bits per heavy atom. The van der Waals surface area contributed by atoms with Gasteiger partial charge in [-0.3, -0.25) is 5.32 Å². The van der Waals surface area contributed by atoms with Gasteiger partial charge in [0.05, 0.1) is 26.4 Å². The molecule has 0 saturated heterocycles. The Labute approximate surface area is 139 Å². The molecule has 0 radical (unpaired) electrons. The van der Waals surface area contributed by atoms with Crippen molar-refractivity contribution in [2.75, 3.05) is 22.9 Å². The maximum absolute atomic E-state index is 14.4. The third-order valence-electron chi connectivity index (χ3n) is 2.96. The number of amides is 1. The summed E-state index contributed by atoms with van der Waals surface area (Å²) in [5.74, 6) is -1.29. The van der Waals surface area contributed by atoms with Crippen LogP contribution in [0.3, 0.4) is 0 Å². The number of anilines is 3. The lowest BCUT2D eigenvalue weighted by atomic mass is 10.2. The molecule has 0 bridgehead atoms. The van der Waals surface area contributed by atoms with Crippen molar-refractivity contribution in [3.8, 4) is 0 Å². The highest BCUT2D eigenvalue weighted by Crippen LogP contribution is 2.28. The van der Waals surface area contributed by atoms with E-state index in [4.69, 9.17) is 12.6 Å². The second kappa shape index (κ2) is 7.44. The molecule has 2 aromatic rings. The number of nitrogen functional groups attached to an aromatic ring is 1. The van der Waals surface area contributed by atoms with E-state index >= 15 is 0 Å². The quantitative estimate of drug-likeness (QED) is 0.732. The van der Waals surface area contributed by atoms with Crippen LogP contribution in [0.25, 0.3) is 0 Å². The molecule has 0 aromatic heterocycles. The van der Waals surface area contributed by atoms with Gasteiger partial charge >= 0.3 is 6.09 Å². The lowest BCUT2D eigenvalue weighted by Gasteiger charge is -2.13. The number of nitrogens with two attached hydrogens (primary N) is 1. The fraction of sp³-hybridized carbons (Fsp3) is 0.188. The highest BCUT2D eigenvalue weighted by atomic mass is 19.1. The minimum Gasteiger partial charge on any atom is -0.450 e. The first-order chi connectivity index (χ1) is 12.9. The molecule has 2 aromatic carbocycles. The highest BCUT2D eigenvalue weighted by Gasteiger charge is 2.13. The van der Waals surface area contributed by atoms with E-state index in [0.29, 0.717) is 5.56 Å². The number of carbonyl (C=O) groups excluding carboxylic acids is 1. The van der Waals surface area contributed by atoms with Gasteiger partial charge < -0.3 is 15.8 Å². The lowest BCUT2D eigenvalue weighted by Crippen LogP contribution is -2.15. The van der Waals surface area contributed by atoms with E-state index < -0.39 is 36.8 Å². The molecule has 7 heteroatoms. The number of ether oxygens (including phenoxy) is 1. The summed E-state index contributed by atoms with van der Waals surface area (Å²) in [4.78, 5) is 11.7. The predicted molar refractivity (Wildman–Crippen MR) is 85.2 cm³/mol. The summed E-state index contributed by atoms with van der Waals surface area (Å²) < 4.78 is 66.9. The van der Waals surface area contributed by atoms with Gasteiger partial charge in [-0.1, -0.05) is 12.1 Å². The fourth-order valence-electron chi connectivity index (χ4n) is 1.82. The van der Waals surface area contributed by atoms with Crippen molar-refractivity contribution in [3.05, 3.63) is 53.6 Å². The van der Waals surface area contributed by atoms with Crippen molar-refractivity contribution in [1.29, 1.82) is 0 Å². The van der Waals surface area contributed by atoms with Crippen LogP contribution < -0.4 is 16.4 Å². The summed E-state index contributed by atoms with van der Waals surface area (Å²) in [6.45, 7) is -6.25. The highest BCUT2D eigenvalue weighted by molar-refractivity contribution is 5.90. The number of nitrogens with one attached hydrogen (secondary N) is 2. The van der Waals surface area contributed by atoms with Gasteiger partial charge in [-0.25, -0.2) is 13.6 Å². The minimum absolute atomic E-state index is 0.0126. The van der Waals surface area contributed by atoms with Crippen molar-refractivity contribution in [1.82, 2.24) is 0 Å². The first kappa shape index (κ1) is 10.8. The Morgan fingerprint density at radius 3 is 2.65 bits per heavy atom. The second-order valence-electron chi connectivity index (χ2n) is 4.48. The molecule has 0 fully saturated rings. The molecule has 0 heterocycles. The van der Waals surface area contributed by atoms with Gasteiger partial charge in [0.2, 0.25) is 0 Å². The summed E-state index contributed by atoms with van der Waals surface area (Å²) >= 11 is 0. The van der Waals surface area contributed by atoms with E-state index in [1.807, 2.05) is 5.32 Å². The van der Waals surface area contributed by atoms with Crippen molar-refractivity contribution in [3.63, 3.8) is 0 Å². The molecule has 0 aliphatic rings. The lowest BCUT2D eigenvalue weighted by molar-refractivity contribution is 0.168. The zero-order valence-electron chi connectivity index (χ0n) is 16.8. The van der Waals surface area contributed by atoms with Crippen LogP contribution in [0.2, 0.25) is 0 Å². The van der Waals surface area contributed by atoms with Gasteiger partial charge in [-0.15, -0.1) is 0 Å². The summed E-state index contributed by atoms with van der Waals surface area (Å²) in [5, 5.41) is 4.77. The Morgan fingerprint density at radius 2 is 1.96 bits per heavy atom. The van der Waals surface area contributed by atoms with E-state index in [2.05, 4.69) is 10.1 Å². The Kier molecular flexibility index (Phi) is 3.50. The third kappa shape index (κ3) is 4.32. The maximum Gasteiger partial charge on any atom is 0.411 e. The Bertz CT molecular complexity index is 861. The molecule has 4 N–H and O–H groups in total. The van der Waals surface area contributed by atoms with Crippen molar-refractivity contribution in [2.45, 2.75) is 13.4 Å². The number of carbonyl (C=O) groups is 1. The summed E-state index contributed by atoms with van der Waals surface area (Å²) in [6.07, 6.45) is -1.45. The average molecular weight is 326 g/mol. The largest absolute Gasteiger partial charge is 0.450 e.